The van der Waals surface area contributed by atoms with E-state index in [0.29, 0.717) is 11.0 Å². The van der Waals surface area contributed by atoms with Gasteiger partial charge in [-0.3, -0.25) is 0 Å². The van der Waals surface area contributed by atoms with E-state index in [9.17, 15) is 4.79 Å². The van der Waals surface area contributed by atoms with Crippen LogP contribution in [0.5, 0.6) is 0 Å². The number of para-hydroxylation sites is 1. The van der Waals surface area contributed by atoms with E-state index in [2.05, 4.69) is 9.68 Å². The van der Waals surface area contributed by atoms with Crippen molar-refractivity contribution in [3.05, 3.63) is 34.6 Å². The molecule has 0 amide bonds. The number of fused-ring (bicyclic) bond motifs is 1. The Balaban J connectivity index is 0.000000605. The molecule has 50 valence electrons. The summed E-state index contributed by atoms with van der Waals surface area (Å²) in [7, 11) is 0. The Hall–Kier alpha value is -0.510. The quantitative estimate of drug-likeness (QED) is 0.406. The molecule has 0 aliphatic rings. The van der Waals surface area contributed by atoms with Gasteiger partial charge in [-0.15, -0.1) is 0 Å². The zero-order valence-corrected chi connectivity index (χ0v) is 8.07. The maximum Gasteiger partial charge on any atom is 1.00 e. The second-order valence-corrected chi connectivity index (χ2v) is 1.98. The maximum absolute atomic E-state index is 10.8. The molecule has 0 saturated heterocycles. The third-order valence-corrected chi connectivity index (χ3v) is 1.34. The summed E-state index contributed by atoms with van der Waals surface area (Å²) >= 11 is 0. The van der Waals surface area contributed by atoms with Crippen LogP contribution in [0.1, 0.15) is 0 Å². The molecular weight excluding hydrogens is 153 g/mol. The van der Waals surface area contributed by atoms with E-state index in [1.807, 2.05) is 0 Å². The summed E-state index contributed by atoms with van der Waals surface area (Å²) < 4.78 is 4.69. The molecule has 2 aromatic rings. The van der Waals surface area contributed by atoms with Gasteiger partial charge in [-0.1, -0.05) is 12.1 Å². The van der Waals surface area contributed by atoms with Crippen LogP contribution in [-0.4, -0.2) is 0 Å². The van der Waals surface area contributed by atoms with Gasteiger partial charge >= 0.3 is 29.6 Å². The summed E-state index contributed by atoms with van der Waals surface area (Å²) in [4.78, 5) is 10.8. The molecule has 0 unspecified atom stereocenters. The zero-order valence-electron chi connectivity index (χ0n) is 6.07. The summed E-state index contributed by atoms with van der Waals surface area (Å²) in [5, 5.41) is 3.81. The number of hydrogen-bond donors (Lipinski definition) is 0. The first-order valence-corrected chi connectivity index (χ1v) is 2.89. The molecule has 1 aromatic heterocycles. The van der Waals surface area contributed by atoms with E-state index in [1.54, 1.807) is 24.3 Å². The van der Waals surface area contributed by atoms with Crippen molar-refractivity contribution in [2.24, 2.45) is 0 Å². The van der Waals surface area contributed by atoms with Crippen LogP contribution in [0, 0.1) is 0 Å². The van der Waals surface area contributed by atoms with Crippen molar-refractivity contribution in [2.45, 2.75) is 0 Å². The van der Waals surface area contributed by atoms with E-state index < -0.39 is 0 Å². The summed E-state index contributed by atoms with van der Waals surface area (Å²) in [5.74, 6) is 0. The zero-order chi connectivity index (χ0) is 6.97. The molecule has 0 saturated carbocycles. The first-order valence-electron chi connectivity index (χ1n) is 2.89. The Kier molecular flexibility index (Phi) is 2.54. The molecule has 0 fully saturated rings. The van der Waals surface area contributed by atoms with E-state index >= 15 is 0 Å². The van der Waals surface area contributed by atoms with Gasteiger partial charge < -0.3 is 14.5 Å². The topological polar surface area (TPSA) is 44.3 Å². The number of benzene rings is 1. The summed E-state index contributed by atoms with van der Waals surface area (Å²) in [6.07, 6.45) is 0. The SMILES string of the molecule is O=c1[n-]oc2ccccc12.[Na+]. The van der Waals surface area contributed by atoms with Crippen LogP contribution in [-0.2, 0) is 0 Å². The van der Waals surface area contributed by atoms with Gasteiger partial charge in [0.15, 0.2) is 0 Å². The van der Waals surface area contributed by atoms with Crippen molar-refractivity contribution in [3.63, 3.8) is 0 Å². The second-order valence-electron chi connectivity index (χ2n) is 1.98. The van der Waals surface area contributed by atoms with Gasteiger partial charge in [0.05, 0.1) is 0 Å². The smallest absolute Gasteiger partial charge is 0.554 e. The van der Waals surface area contributed by atoms with Gasteiger partial charge in [0, 0.05) is 5.39 Å². The van der Waals surface area contributed by atoms with Crippen molar-refractivity contribution < 1.29 is 34.1 Å². The monoisotopic (exact) mass is 157 g/mol. The van der Waals surface area contributed by atoms with Crippen molar-refractivity contribution in [1.82, 2.24) is 5.16 Å². The minimum atomic E-state index is -0.296. The minimum absolute atomic E-state index is 0. The number of rotatable bonds is 0. The summed E-state index contributed by atoms with van der Waals surface area (Å²) in [6, 6.07) is 6.98. The van der Waals surface area contributed by atoms with E-state index in [-0.39, 0.29) is 35.1 Å². The molecule has 0 aliphatic heterocycles. The van der Waals surface area contributed by atoms with Gasteiger partial charge in [0.25, 0.3) is 0 Å². The molecule has 2 rings (SSSR count). The fourth-order valence-electron chi connectivity index (χ4n) is 0.863. The van der Waals surface area contributed by atoms with Crippen LogP contribution in [0.2, 0.25) is 0 Å². The molecule has 0 radical (unpaired) electrons. The van der Waals surface area contributed by atoms with Crippen molar-refractivity contribution in [1.29, 1.82) is 0 Å². The number of hydrogen-bond acceptors (Lipinski definition) is 2. The average Bonchev–Trinajstić information content (AvgIpc) is 2.34. The molecule has 11 heavy (non-hydrogen) atoms. The number of aromatic nitrogens is 1. The van der Waals surface area contributed by atoms with Crippen LogP contribution in [0.15, 0.2) is 33.6 Å². The Labute approximate surface area is 84.7 Å². The van der Waals surface area contributed by atoms with Gasteiger partial charge in [-0.25, -0.2) is 0 Å². The predicted molar refractivity (Wildman–Crippen MR) is 35.8 cm³/mol. The number of nitrogens with zero attached hydrogens (tertiary/aromatic N) is 1. The first kappa shape index (κ1) is 8.59. The molecule has 0 bridgehead atoms. The van der Waals surface area contributed by atoms with Gasteiger partial charge in [-0.05, 0) is 12.1 Å². The molecule has 1 heterocycles. The largest absolute Gasteiger partial charge is 1.00 e. The fourth-order valence-corrected chi connectivity index (χ4v) is 0.863. The van der Waals surface area contributed by atoms with Gasteiger partial charge in [-0.2, -0.15) is 0 Å². The Bertz CT molecular complexity index is 404. The van der Waals surface area contributed by atoms with Crippen LogP contribution in [0.4, 0.5) is 0 Å². The second kappa shape index (κ2) is 3.26. The predicted octanol–water partition coefficient (Wildman–Crippen LogP) is -2.25. The summed E-state index contributed by atoms with van der Waals surface area (Å²) in [6.45, 7) is 0. The molecule has 0 aliphatic carbocycles. The van der Waals surface area contributed by atoms with E-state index in [1.165, 1.54) is 0 Å². The van der Waals surface area contributed by atoms with Crippen LogP contribution >= 0.6 is 0 Å². The third-order valence-electron chi connectivity index (χ3n) is 1.34. The normalized spacial score (nSPS) is 9.45. The maximum atomic E-state index is 10.8. The summed E-state index contributed by atoms with van der Waals surface area (Å²) in [5.41, 5.74) is 0.253. The van der Waals surface area contributed by atoms with Gasteiger partial charge in [0.2, 0.25) is 0 Å². The van der Waals surface area contributed by atoms with Crippen LogP contribution in [0.3, 0.4) is 0 Å². The van der Waals surface area contributed by atoms with Crippen molar-refractivity contribution in [2.75, 3.05) is 0 Å². The fraction of sp³-hybridized carbons (Fsp3) is 0. The Morgan fingerprint density at radius 2 is 2.00 bits per heavy atom. The molecule has 3 nitrogen and oxygen atoms in total. The van der Waals surface area contributed by atoms with Crippen LogP contribution < -0.4 is 40.3 Å². The average molecular weight is 157 g/mol. The molecule has 1 aromatic carbocycles. The first-order chi connectivity index (χ1) is 4.88. The molecule has 0 N–H and O–H groups in total. The minimum Gasteiger partial charge on any atom is -0.554 e. The van der Waals surface area contributed by atoms with Crippen LogP contribution in [0.25, 0.3) is 11.0 Å². The third kappa shape index (κ3) is 1.40. The Morgan fingerprint density at radius 1 is 1.27 bits per heavy atom. The molecule has 4 heteroatoms. The van der Waals surface area contributed by atoms with E-state index in [0.717, 1.165) is 0 Å². The van der Waals surface area contributed by atoms with Gasteiger partial charge in [0.1, 0.15) is 11.1 Å². The molecular formula is C7H4NNaO2. The standard InChI is InChI=1S/C7H5NO2.Na/c9-7-5-3-1-2-4-6(5)10-8-7;/h1-4H,(H,8,9);/q;+1/p-1. The molecule has 0 spiro atoms. The van der Waals surface area contributed by atoms with E-state index in [4.69, 9.17) is 0 Å². The van der Waals surface area contributed by atoms with Crippen molar-refractivity contribution >= 4 is 11.0 Å². The Morgan fingerprint density at radius 3 is 2.73 bits per heavy atom. The van der Waals surface area contributed by atoms with Crippen molar-refractivity contribution in [3.8, 4) is 0 Å². The molecule has 0 atom stereocenters.